The van der Waals surface area contributed by atoms with Crippen molar-refractivity contribution >= 4 is 5.91 Å². The van der Waals surface area contributed by atoms with E-state index in [4.69, 9.17) is 10.8 Å². The van der Waals surface area contributed by atoms with E-state index in [-0.39, 0.29) is 12.6 Å². The molecular weight excluding hydrogens is 132 g/mol. The minimum atomic E-state index is -0.400. The van der Waals surface area contributed by atoms with E-state index in [2.05, 4.69) is 5.32 Å². The van der Waals surface area contributed by atoms with Gasteiger partial charge in [-0.3, -0.25) is 4.79 Å². The number of hydrogen-bond acceptors (Lipinski definition) is 3. The topological polar surface area (TPSA) is 75.3 Å². The molecule has 10 heavy (non-hydrogen) atoms. The Morgan fingerprint density at radius 3 is 2.80 bits per heavy atom. The van der Waals surface area contributed by atoms with Crippen molar-refractivity contribution in [3.05, 3.63) is 0 Å². The van der Waals surface area contributed by atoms with Crippen molar-refractivity contribution in [1.29, 1.82) is 0 Å². The largest absolute Gasteiger partial charge is 0.392 e. The predicted octanol–water partition coefficient (Wildman–Crippen LogP) is -1.17. The number of carbonyl (C=O) groups is 1. The van der Waals surface area contributed by atoms with E-state index in [1.54, 1.807) is 0 Å². The molecule has 0 aliphatic heterocycles. The molecule has 0 aliphatic rings. The molecule has 60 valence electrons. The SMILES string of the molecule is CC[C@H](O)CNCC(N)=O. The molecule has 1 atom stereocenters. The molecule has 0 aromatic carbocycles. The Labute approximate surface area is 60.4 Å². The molecule has 0 fully saturated rings. The lowest BCUT2D eigenvalue weighted by Crippen LogP contribution is -2.33. The van der Waals surface area contributed by atoms with Crippen LogP contribution in [0.25, 0.3) is 0 Å². The maximum atomic E-state index is 10.1. The molecule has 0 aromatic rings. The average Bonchev–Trinajstić information content (AvgIpc) is 1.87. The first kappa shape index (κ1) is 9.39. The van der Waals surface area contributed by atoms with Crippen molar-refractivity contribution in [3.8, 4) is 0 Å². The summed E-state index contributed by atoms with van der Waals surface area (Å²) in [5.74, 6) is -0.400. The summed E-state index contributed by atoms with van der Waals surface area (Å²) in [5.41, 5.74) is 4.84. The second kappa shape index (κ2) is 5.20. The highest BCUT2D eigenvalue weighted by Gasteiger charge is 1.99. The lowest BCUT2D eigenvalue weighted by Gasteiger charge is -2.06. The van der Waals surface area contributed by atoms with Crippen LogP contribution < -0.4 is 11.1 Å². The first-order valence-electron chi connectivity index (χ1n) is 3.34. The Hall–Kier alpha value is -0.610. The van der Waals surface area contributed by atoms with E-state index in [1.165, 1.54) is 0 Å². The van der Waals surface area contributed by atoms with Crippen LogP contribution in [0.4, 0.5) is 0 Å². The predicted molar refractivity (Wildman–Crippen MR) is 38.4 cm³/mol. The van der Waals surface area contributed by atoms with Crippen molar-refractivity contribution < 1.29 is 9.90 Å². The zero-order valence-corrected chi connectivity index (χ0v) is 6.13. The van der Waals surface area contributed by atoms with Gasteiger partial charge in [0, 0.05) is 6.54 Å². The van der Waals surface area contributed by atoms with E-state index in [0.717, 1.165) is 0 Å². The van der Waals surface area contributed by atoms with E-state index in [9.17, 15) is 4.79 Å². The third-order valence-corrected chi connectivity index (χ3v) is 1.15. The third kappa shape index (κ3) is 5.53. The van der Waals surface area contributed by atoms with Crippen LogP contribution in [0.1, 0.15) is 13.3 Å². The van der Waals surface area contributed by atoms with Crippen LogP contribution in [0.15, 0.2) is 0 Å². The molecule has 0 aliphatic carbocycles. The minimum Gasteiger partial charge on any atom is -0.392 e. The van der Waals surface area contributed by atoms with Gasteiger partial charge >= 0.3 is 0 Å². The summed E-state index contributed by atoms with van der Waals surface area (Å²) < 4.78 is 0. The number of amides is 1. The quantitative estimate of drug-likeness (QED) is 0.457. The maximum absolute atomic E-state index is 10.1. The summed E-state index contributed by atoms with van der Waals surface area (Å²) in [6, 6.07) is 0. The van der Waals surface area contributed by atoms with Crippen LogP contribution in [0.5, 0.6) is 0 Å². The Bertz CT molecular complexity index is 106. The summed E-state index contributed by atoms with van der Waals surface area (Å²) >= 11 is 0. The first-order chi connectivity index (χ1) is 4.66. The fourth-order valence-electron chi connectivity index (χ4n) is 0.506. The molecule has 4 N–H and O–H groups in total. The number of aliphatic hydroxyl groups excluding tert-OH is 1. The molecule has 0 spiro atoms. The van der Waals surface area contributed by atoms with Crippen LogP contribution >= 0.6 is 0 Å². The summed E-state index contributed by atoms with van der Waals surface area (Å²) in [7, 11) is 0. The molecule has 1 amide bonds. The van der Waals surface area contributed by atoms with Gasteiger partial charge in [0.05, 0.1) is 12.6 Å². The minimum absolute atomic E-state index is 0.136. The van der Waals surface area contributed by atoms with Gasteiger partial charge in [0.2, 0.25) is 5.91 Å². The number of nitrogens with one attached hydrogen (secondary N) is 1. The van der Waals surface area contributed by atoms with E-state index in [1.807, 2.05) is 6.92 Å². The van der Waals surface area contributed by atoms with Gasteiger partial charge in [-0.25, -0.2) is 0 Å². The van der Waals surface area contributed by atoms with Crippen LogP contribution in [0.3, 0.4) is 0 Å². The molecule has 0 saturated carbocycles. The number of rotatable bonds is 5. The van der Waals surface area contributed by atoms with Gasteiger partial charge in [-0.1, -0.05) is 6.92 Å². The molecule has 0 aromatic heterocycles. The monoisotopic (exact) mass is 146 g/mol. The van der Waals surface area contributed by atoms with Crippen molar-refractivity contribution in [3.63, 3.8) is 0 Å². The summed E-state index contributed by atoms with van der Waals surface area (Å²) in [6.07, 6.45) is 0.311. The number of hydrogen-bond donors (Lipinski definition) is 3. The molecule has 4 heteroatoms. The molecule has 0 rings (SSSR count). The lowest BCUT2D eigenvalue weighted by atomic mass is 10.3. The molecule has 0 radical (unpaired) electrons. The van der Waals surface area contributed by atoms with Gasteiger partial charge in [-0.15, -0.1) is 0 Å². The second-order valence-corrected chi connectivity index (χ2v) is 2.16. The van der Waals surface area contributed by atoms with E-state index < -0.39 is 5.91 Å². The number of primary amides is 1. The normalized spacial score (nSPS) is 13.0. The highest BCUT2D eigenvalue weighted by molar-refractivity contribution is 5.75. The smallest absolute Gasteiger partial charge is 0.231 e. The highest BCUT2D eigenvalue weighted by atomic mass is 16.3. The van der Waals surface area contributed by atoms with Gasteiger partial charge in [0.15, 0.2) is 0 Å². The van der Waals surface area contributed by atoms with Crippen LogP contribution in [0.2, 0.25) is 0 Å². The Morgan fingerprint density at radius 1 is 1.80 bits per heavy atom. The van der Waals surface area contributed by atoms with E-state index >= 15 is 0 Å². The van der Waals surface area contributed by atoms with Gasteiger partial charge in [0.25, 0.3) is 0 Å². The number of carbonyl (C=O) groups excluding carboxylic acids is 1. The first-order valence-corrected chi connectivity index (χ1v) is 3.34. The Kier molecular flexibility index (Phi) is 4.88. The van der Waals surface area contributed by atoms with Crippen LogP contribution in [-0.2, 0) is 4.79 Å². The van der Waals surface area contributed by atoms with Crippen molar-refractivity contribution in [2.24, 2.45) is 5.73 Å². The Balaban J connectivity index is 3.11. The Morgan fingerprint density at radius 2 is 2.40 bits per heavy atom. The summed E-state index contributed by atoms with van der Waals surface area (Å²) in [6.45, 7) is 2.44. The number of nitrogens with two attached hydrogens (primary N) is 1. The zero-order valence-electron chi connectivity index (χ0n) is 6.13. The lowest BCUT2D eigenvalue weighted by molar-refractivity contribution is -0.117. The van der Waals surface area contributed by atoms with Gasteiger partial charge < -0.3 is 16.2 Å². The van der Waals surface area contributed by atoms with E-state index in [0.29, 0.717) is 13.0 Å². The van der Waals surface area contributed by atoms with Crippen molar-refractivity contribution in [2.75, 3.05) is 13.1 Å². The highest BCUT2D eigenvalue weighted by Crippen LogP contribution is 1.84. The standard InChI is InChI=1S/C6H14N2O2/c1-2-5(9)3-8-4-6(7)10/h5,8-9H,2-4H2,1H3,(H2,7,10)/t5-/m0/s1. The van der Waals surface area contributed by atoms with Gasteiger partial charge in [-0.2, -0.15) is 0 Å². The summed E-state index contributed by atoms with van der Waals surface area (Å²) in [4.78, 5) is 10.1. The maximum Gasteiger partial charge on any atom is 0.231 e. The zero-order chi connectivity index (χ0) is 7.98. The van der Waals surface area contributed by atoms with Gasteiger partial charge in [0.1, 0.15) is 0 Å². The molecule has 0 saturated heterocycles. The van der Waals surface area contributed by atoms with Crippen molar-refractivity contribution in [2.45, 2.75) is 19.4 Å². The molecule has 0 heterocycles. The average molecular weight is 146 g/mol. The fraction of sp³-hybridized carbons (Fsp3) is 0.833. The van der Waals surface area contributed by atoms with Crippen molar-refractivity contribution in [1.82, 2.24) is 5.32 Å². The fourth-order valence-corrected chi connectivity index (χ4v) is 0.506. The van der Waals surface area contributed by atoms with Crippen LogP contribution in [0, 0.1) is 0 Å². The number of aliphatic hydroxyl groups is 1. The molecule has 0 bridgehead atoms. The van der Waals surface area contributed by atoms with Gasteiger partial charge in [-0.05, 0) is 6.42 Å². The molecule has 4 nitrogen and oxygen atoms in total. The van der Waals surface area contributed by atoms with Crippen LogP contribution in [-0.4, -0.2) is 30.2 Å². The summed E-state index contributed by atoms with van der Waals surface area (Å²) in [5, 5.41) is 11.7. The third-order valence-electron chi connectivity index (χ3n) is 1.15. The second-order valence-electron chi connectivity index (χ2n) is 2.16. The molecule has 0 unspecified atom stereocenters. The molecular formula is C6H14N2O2.